The number of hydrazine groups is 1. The number of nitrogens with zero attached hydrogens (tertiary/aromatic N) is 3. The van der Waals surface area contributed by atoms with E-state index in [1.807, 2.05) is 0 Å². The van der Waals surface area contributed by atoms with E-state index in [2.05, 4.69) is 15.3 Å². The number of hydrogen-bond acceptors (Lipinski definition) is 9. The second-order valence-electron chi connectivity index (χ2n) is 10.6. The summed E-state index contributed by atoms with van der Waals surface area (Å²) in [6.45, 7) is 11.3. The molecule has 12 nitrogen and oxygen atoms in total. The van der Waals surface area contributed by atoms with Crippen molar-refractivity contribution < 1.29 is 33.4 Å². The second kappa shape index (κ2) is 11.3. The zero-order chi connectivity index (χ0) is 27.4. The summed E-state index contributed by atoms with van der Waals surface area (Å²) < 4.78 is 16.4. The van der Waals surface area contributed by atoms with E-state index >= 15 is 0 Å². The van der Waals surface area contributed by atoms with Gasteiger partial charge < -0.3 is 24.0 Å². The number of nitrogens with one attached hydrogen (secondary N) is 2. The van der Waals surface area contributed by atoms with E-state index in [-0.39, 0.29) is 37.7 Å². The van der Waals surface area contributed by atoms with Crippen molar-refractivity contribution in [3.63, 3.8) is 0 Å². The number of imidazole rings is 1. The van der Waals surface area contributed by atoms with Crippen LogP contribution in [-0.4, -0.2) is 76.4 Å². The molecule has 37 heavy (non-hydrogen) atoms. The lowest BCUT2D eigenvalue weighted by Crippen LogP contribution is -2.58. The summed E-state index contributed by atoms with van der Waals surface area (Å²) in [7, 11) is 0. The number of rotatable bonds is 7. The monoisotopic (exact) mass is 517 g/mol. The van der Waals surface area contributed by atoms with Gasteiger partial charge in [-0.1, -0.05) is 0 Å². The predicted molar refractivity (Wildman–Crippen MR) is 135 cm³/mol. The molecule has 1 unspecified atom stereocenters. The molecule has 12 heteroatoms. The maximum Gasteiger partial charge on any atom is 0.409 e. The molecular formula is C25H35N5O7. The zero-order valence-electron chi connectivity index (χ0n) is 22.1. The molecule has 2 N–H and O–H groups in total. The predicted octanol–water partition coefficient (Wildman–Crippen LogP) is 2.93. The van der Waals surface area contributed by atoms with E-state index in [1.165, 1.54) is 5.01 Å². The van der Waals surface area contributed by atoms with Crippen molar-refractivity contribution >= 4 is 41.0 Å². The van der Waals surface area contributed by atoms with E-state index in [0.29, 0.717) is 29.6 Å². The van der Waals surface area contributed by atoms with Gasteiger partial charge in [-0.2, -0.15) is 0 Å². The van der Waals surface area contributed by atoms with Crippen LogP contribution in [0.15, 0.2) is 18.2 Å². The Bertz CT molecular complexity index is 1150. The molecule has 1 atom stereocenters. The number of anilines is 1. The highest BCUT2D eigenvalue weighted by Crippen LogP contribution is 2.25. The highest BCUT2D eigenvalue weighted by atomic mass is 16.6. The van der Waals surface area contributed by atoms with Crippen molar-refractivity contribution in [2.75, 3.05) is 24.7 Å². The molecule has 1 fully saturated rings. The summed E-state index contributed by atoms with van der Waals surface area (Å²) in [5.74, 6) is -0.849. The van der Waals surface area contributed by atoms with Crippen molar-refractivity contribution in [2.45, 2.75) is 71.8 Å². The molecule has 0 saturated carbocycles. The van der Waals surface area contributed by atoms with E-state index in [4.69, 9.17) is 14.2 Å². The van der Waals surface area contributed by atoms with Crippen LogP contribution in [0.4, 0.5) is 10.5 Å². The minimum atomic E-state index is -0.723. The SMILES string of the molecule is CC(C)(C)OC(=O)NC1CN(N(C(=O)CCC=O)c2ccc3nc(C(=O)OC(C)(C)C)[nH]c3c2)CCO1. The highest BCUT2D eigenvalue weighted by Gasteiger charge is 2.31. The summed E-state index contributed by atoms with van der Waals surface area (Å²) >= 11 is 0. The van der Waals surface area contributed by atoms with E-state index < -0.39 is 29.5 Å². The number of amides is 2. The molecule has 0 aliphatic carbocycles. The Morgan fingerprint density at radius 2 is 1.89 bits per heavy atom. The first kappa shape index (κ1) is 28.1. The molecule has 2 aromatic rings. The number of esters is 1. The Labute approximate surface area is 215 Å². The number of ether oxygens (including phenoxy) is 3. The van der Waals surface area contributed by atoms with Crippen LogP contribution in [0.5, 0.6) is 0 Å². The third-order valence-electron chi connectivity index (χ3n) is 5.02. The lowest BCUT2D eigenvalue weighted by molar-refractivity contribution is -0.126. The van der Waals surface area contributed by atoms with Gasteiger partial charge in [0.15, 0.2) is 0 Å². The topological polar surface area (TPSA) is 143 Å². The number of carbonyl (C=O) groups excluding carboxylic acids is 4. The Morgan fingerprint density at radius 3 is 2.54 bits per heavy atom. The van der Waals surface area contributed by atoms with Crippen molar-refractivity contribution in [1.82, 2.24) is 20.3 Å². The van der Waals surface area contributed by atoms with Crippen LogP contribution in [-0.2, 0) is 23.8 Å². The van der Waals surface area contributed by atoms with E-state index in [9.17, 15) is 19.2 Å². The number of benzene rings is 1. The van der Waals surface area contributed by atoms with Crippen LogP contribution in [0.25, 0.3) is 11.0 Å². The molecular weight excluding hydrogens is 482 g/mol. The largest absolute Gasteiger partial charge is 0.454 e. The van der Waals surface area contributed by atoms with Crippen LogP contribution in [0.2, 0.25) is 0 Å². The van der Waals surface area contributed by atoms with Gasteiger partial charge in [0.2, 0.25) is 11.7 Å². The van der Waals surface area contributed by atoms with Gasteiger partial charge in [0.1, 0.15) is 23.7 Å². The van der Waals surface area contributed by atoms with Crippen LogP contribution >= 0.6 is 0 Å². The highest BCUT2D eigenvalue weighted by molar-refractivity contribution is 5.96. The number of hydrogen-bond donors (Lipinski definition) is 2. The standard InChI is InChI=1S/C25H35N5O7/c1-24(2,3)36-22(33)21-26-17-10-9-16(14-18(17)27-21)30(20(32)8-7-12-31)29-11-13-35-19(15-29)28-23(34)37-25(4,5)6/h9-10,12,14,19H,7-8,11,13,15H2,1-6H3,(H,26,27)(H,28,34). The lowest BCUT2D eigenvalue weighted by Gasteiger charge is -2.40. The Morgan fingerprint density at radius 1 is 1.19 bits per heavy atom. The van der Waals surface area contributed by atoms with Gasteiger partial charge in [0, 0.05) is 19.4 Å². The molecule has 202 valence electrons. The van der Waals surface area contributed by atoms with Crippen LogP contribution in [0.1, 0.15) is 65.0 Å². The third-order valence-corrected chi connectivity index (χ3v) is 5.02. The van der Waals surface area contributed by atoms with Crippen LogP contribution in [0, 0.1) is 0 Å². The first-order valence-electron chi connectivity index (χ1n) is 12.1. The number of alkyl carbamates (subject to hydrolysis) is 1. The number of morpholine rings is 1. The van der Waals surface area contributed by atoms with Gasteiger partial charge >= 0.3 is 12.1 Å². The normalized spacial score (nSPS) is 16.8. The summed E-state index contributed by atoms with van der Waals surface area (Å²) in [4.78, 5) is 56.1. The van der Waals surface area contributed by atoms with Gasteiger partial charge in [-0.3, -0.25) is 10.1 Å². The second-order valence-corrected chi connectivity index (χ2v) is 10.6. The van der Waals surface area contributed by atoms with E-state index in [0.717, 1.165) is 0 Å². The number of carbonyl (C=O) groups is 4. The van der Waals surface area contributed by atoms with Crippen LogP contribution < -0.4 is 10.3 Å². The summed E-state index contributed by atoms with van der Waals surface area (Å²) in [6, 6.07) is 5.08. The quantitative estimate of drug-likeness (QED) is 0.418. The molecule has 0 spiro atoms. The van der Waals surface area contributed by atoms with E-state index in [1.54, 1.807) is 64.8 Å². The van der Waals surface area contributed by atoms with Crippen molar-refractivity contribution in [3.05, 3.63) is 24.0 Å². The molecule has 0 bridgehead atoms. The van der Waals surface area contributed by atoms with Gasteiger partial charge in [0.05, 0.1) is 29.9 Å². The number of aldehydes is 1. The number of aromatic amines is 1. The first-order valence-corrected chi connectivity index (χ1v) is 12.1. The summed E-state index contributed by atoms with van der Waals surface area (Å²) in [6.07, 6.45) is -0.608. The number of H-pyrrole nitrogens is 1. The van der Waals surface area contributed by atoms with Gasteiger partial charge in [-0.25, -0.2) is 24.6 Å². The fourth-order valence-electron chi connectivity index (χ4n) is 3.65. The maximum absolute atomic E-state index is 13.2. The van der Waals surface area contributed by atoms with Gasteiger partial charge in [0.25, 0.3) is 0 Å². The molecule has 1 aromatic carbocycles. The fourth-order valence-corrected chi connectivity index (χ4v) is 3.65. The summed E-state index contributed by atoms with van der Waals surface area (Å²) in [5, 5.41) is 5.87. The molecule has 3 rings (SSSR count). The minimum Gasteiger partial charge on any atom is -0.454 e. The Kier molecular flexibility index (Phi) is 8.54. The molecule has 0 radical (unpaired) electrons. The number of fused-ring (bicyclic) bond motifs is 1. The molecule has 1 aromatic heterocycles. The smallest absolute Gasteiger partial charge is 0.409 e. The number of aromatic nitrogens is 2. The maximum atomic E-state index is 13.2. The average Bonchev–Trinajstić information content (AvgIpc) is 3.19. The molecule has 1 aliphatic heterocycles. The molecule has 2 heterocycles. The summed E-state index contributed by atoms with van der Waals surface area (Å²) in [5.41, 5.74) is 0.205. The molecule has 1 aliphatic rings. The van der Waals surface area contributed by atoms with Crippen LogP contribution in [0.3, 0.4) is 0 Å². The average molecular weight is 518 g/mol. The van der Waals surface area contributed by atoms with Gasteiger partial charge in [-0.15, -0.1) is 0 Å². The molecule has 2 amide bonds. The first-order chi connectivity index (χ1) is 17.3. The third kappa shape index (κ3) is 7.99. The Hall–Kier alpha value is -3.51. The Balaban J connectivity index is 1.86. The molecule has 1 saturated heterocycles. The lowest BCUT2D eigenvalue weighted by atomic mass is 10.2. The van der Waals surface area contributed by atoms with Crippen molar-refractivity contribution in [1.29, 1.82) is 0 Å². The fraction of sp³-hybridized carbons (Fsp3) is 0.560. The minimum absolute atomic E-state index is 0.00477. The zero-order valence-corrected chi connectivity index (χ0v) is 22.1. The van der Waals surface area contributed by atoms with Gasteiger partial charge in [-0.05, 0) is 59.7 Å². The van der Waals surface area contributed by atoms with Crippen molar-refractivity contribution in [3.8, 4) is 0 Å². The van der Waals surface area contributed by atoms with Crippen molar-refractivity contribution in [2.24, 2.45) is 0 Å².